The summed E-state index contributed by atoms with van der Waals surface area (Å²) in [5.74, 6) is 3.50. The van der Waals surface area contributed by atoms with Crippen molar-refractivity contribution in [1.29, 1.82) is 0 Å². The Bertz CT molecular complexity index is 470. The van der Waals surface area contributed by atoms with Gasteiger partial charge in [0.1, 0.15) is 8.07 Å². The maximum absolute atomic E-state index is 3.78. The molecule has 1 rings (SSSR count). The second-order valence-electron chi connectivity index (χ2n) is 6.38. The molecule has 0 aliphatic rings. The van der Waals surface area contributed by atoms with Gasteiger partial charge < -0.3 is 0 Å². The summed E-state index contributed by atoms with van der Waals surface area (Å²) in [6.45, 7) is 14.2. The third kappa shape index (κ3) is 3.71. The highest BCUT2D eigenvalue weighted by Crippen LogP contribution is 2.40. The lowest BCUT2D eigenvalue weighted by atomic mass is 10.2. The quantitative estimate of drug-likeness (QED) is 0.375. The fourth-order valence-electron chi connectivity index (χ4n) is 3.31. The summed E-state index contributed by atoms with van der Waals surface area (Å²) in [6.07, 6.45) is 2.11. The van der Waals surface area contributed by atoms with E-state index in [1.165, 1.54) is 4.90 Å². The van der Waals surface area contributed by atoms with Gasteiger partial charge in [-0.05, 0) is 41.1 Å². The van der Waals surface area contributed by atoms with Gasteiger partial charge in [0, 0.05) is 10.5 Å². The molecule has 0 unspecified atom stereocenters. The molecule has 0 N–H and O–H groups in total. The number of thioether (sulfide) groups is 1. The van der Waals surface area contributed by atoms with Crippen LogP contribution in [0.1, 0.15) is 47.1 Å². The number of hydrogen-bond acceptors (Lipinski definition) is 1. The second kappa shape index (κ2) is 7.38. The Morgan fingerprint density at radius 3 is 1.95 bits per heavy atom. The summed E-state index contributed by atoms with van der Waals surface area (Å²) in [5, 5.41) is 0. The van der Waals surface area contributed by atoms with E-state index in [0.717, 1.165) is 5.56 Å². The minimum atomic E-state index is -1.61. The summed E-state index contributed by atoms with van der Waals surface area (Å²) in [6, 6.07) is 8.59. The molecule has 1 aromatic rings. The summed E-state index contributed by atoms with van der Waals surface area (Å²) >= 11 is 1.78. The average Bonchev–Trinajstić information content (AvgIpc) is 2.38. The molecule has 0 aliphatic carbocycles. The Morgan fingerprint density at radius 1 is 0.950 bits per heavy atom. The Kier molecular flexibility index (Phi) is 6.42. The first-order chi connectivity index (χ1) is 9.34. The predicted octanol–water partition coefficient (Wildman–Crippen LogP) is 5.98. The van der Waals surface area contributed by atoms with E-state index >= 15 is 0 Å². The van der Waals surface area contributed by atoms with Crippen LogP contribution in [0.4, 0.5) is 0 Å². The molecule has 0 saturated carbocycles. The van der Waals surface area contributed by atoms with Gasteiger partial charge in [-0.2, -0.15) is 0 Å². The van der Waals surface area contributed by atoms with Crippen molar-refractivity contribution in [2.75, 3.05) is 6.26 Å². The van der Waals surface area contributed by atoms with Crippen LogP contribution < -0.4 is 0 Å². The number of rotatable bonds is 4. The topological polar surface area (TPSA) is 0 Å². The van der Waals surface area contributed by atoms with Crippen LogP contribution in [0.15, 0.2) is 29.2 Å². The van der Waals surface area contributed by atoms with Gasteiger partial charge in [0.2, 0.25) is 0 Å². The lowest BCUT2D eigenvalue weighted by Gasteiger charge is -2.38. The smallest absolute Gasteiger partial charge is 0.130 e. The fraction of sp³-hybridized carbons (Fsp3) is 0.556. The number of benzene rings is 1. The van der Waals surface area contributed by atoms with Crippen LogP contribution >= 0.6 is 11.8 Å². The van der Waals surface area contributed by atoms with Crippen LogP contribution in [0.3, 0.4) is 0 Å². The van der Waals surface area contributed by atoms with Crippen molar-refractivity contribution in [2.45, 2.75) is 63.1 Å². The first-order valence-electron chi connectivity index (χ1n) is 7.51. The van der Waals surface area contributed by atoms with Gasteiger partial charge >= 0.3 is 0 Å². The molecule has 0 aliphatic heterocycles. The van der Waals surface area contributed by atoms with Gasteiger partial charge in [0.05, 0.1) is 0 Å². The largest absolute Gasteiger partial charge is 0.146 e. The van der Waals surface area contributed by atoms with Crippen molar-refractivity contribution in [1.82, 2.24) is 0 Å². The van der Waals surface area contributed by atoms with E-state index in [9.17, 15) is 0 Å². The van der Waals surface area contributed by atoms with Crippen molar-refractivity contribution in [3.63, 3.8) is 0 Å². The zero-order chi connectivity index (χ0) is 15.3. The van der Waals surface area contributed by atoms with Crippen molar-refractivity contribution >= 4 is 19.8 Å². The molecule has 2 heteroatoms. The molecule has 0 radical (unpaired) electrons. The van der Waals surface area contributed by atoms with E-state index in [2.05, 4.69) is 83.5 Å². The SMILES string of the molecule is CSc1cccc(C#C[Si](C(C)C)(C(C)C)C(C)C)c1. The molecule has 0 spiro atoms. The summed E-state index contributed by atoms with van der Waals surface area (Å²) in [5.41, 5.74) is 7.02. The van der Waals surface area contributed by atoms with Crippen LogP contribution in [-0.4, -0.2) is 14.3 Å². The molecule has 0 nitrogen and oxygen atoms in total. The molecule has 0 heterocycles. The molecular weight excluding hydrogens is 276 g/mol. The van der Waals surface area contributed by atoms with E-state index < -0.39 is 8.07 Å². The normalized spacial score (nSPS) is 11.9. The predicted molar refractivity (Wildman–Crippen MR) is 96.1 cm³/mol. The Labute approximate surface area is 130 Å². The maximum Gasteiger partial charge on any atom is 0.146 e. The molecule has 1 aromatic carbocycles. The molecule has 0 atom stereocenters. The molecule has 0 bridgehead atoms. The molecule has 0 amide bonds. The lowest BCUT2D eigenvalue weighted by Crippen LogP contribution is -2.43. The van der Waals surface area contributed by atoms with Gasteiger partial charge in [-0.15, -0.1) is 17.3 Å². The van der Waals surface area contributed by atoms with E-state index in [1.807, 2.05) is 0 Å². The van der Waals surface area contributed by atoms with E-state index in [-0.39, 0.29) is 0 Å². The summed E-state index contributed by atoms with van der Waals surface area (Å²) < 4.78 is 0. The third-order valence-corrected chi connectivity index (χ3v) is 11.4. The molecule has 0 saturated heterocycles. The summed E-state index contributed by atoms with van der Waals surface area (Å²) in [7, 11) is -1.61. The standard InChI is InChI=1S/C18H28SSi/c1-14(2)20(15(3)4,16(5)6)12-11-17-9-8-10-18(13-17)19-7/h8-10,13-16H,1-7H3. The lowest BCUT2D eigenvalue weighted by molar-refractivity contribution is 0.838. The summed E-state index contributed by atoms with van der Waals surface area (Å²) in [4.78, 5) is 1.29. The average molecular weight is 305 g/mol. The minimum absolute atomic E-state index is 0.693. The minimum Gasteiger partial charge on any atom is -0.130 e. The molecular formula is C18H28SSi. The Morgan fingerprint density at radius 2 is 1.50 bits per heavy atom. The van der Waals surface area contributed by atoms with Crippen LogP contribution in [0.5, 0.6) is 0 Å². The van der Waals surface area contributed by atoms with Gasteiger partial charge in [-0.25, -0.2) is 0 Å². The van der Waals surface area contributed by atoms with E-state index in [4.69, 9.17) is 0 Å². The molecule has 20 heavy (non-hydrogen) atoms. The van der Waals surface area contributed by atoms with Crippen LogP contribution in [0, 0.1) is 11.5 Å². The van der Waals surface area contributed by atoms with Crippen molar-refractivity contribution < 1.29 is 0 Å². The monoisotopic (exact) mass is 304 g/mol. The Balaban J connectivity index is 3.23. The highest BCUT2D eigenvalue weighted by molar-refractivity contribution is 7.98. The zero-order valence-electron chi connectivity index (χ0n) is 13.9. The van der Waals surface area contributed by atoms with Crippen molar-refractivity contribution in [2.24, 2.45) is 0 Å². The van der Waals surface area contributed by atoms with Crippen LogP contribution in [0.25, 0.3) is 0 Å². The first-order valence-corrected chi connectivity index (χ1v) is 11.0. The van der Waals surface area contributed by atoms with Crippen LogP contribution in [0.2, 0.25) is 16.6 Å². The second-order valence-corrected chi connectivity index (χ2v) is 12.8. The van der Waals surface area contributed by atoms with Gasteiger partial charge in [-0.3, -0.25) is 0 Å². The van der Waals surface area contributed by atoms with Gasteiger partial charge in [0.25, 0.3) is 0 Å². The molecule has 0 fully saturated rings. The van der Waals surface area contributed by atoms with Crippen molar-refractivity contribution in [3.05, 3.63) is 29.8 Å². The van der Waals surface area contributed by atoms with Gasteiger partial charge in [0.15, 0.2) is 0 Å². The fourth-order valence-corrected chi connectivity index (χ4v) is 9.00. The highest BCUT2D eigenvalue weighted by Gasteiger charge is 2.41. The van der Waals surface area contributed by atoms with Crippen LogP contribution in [-0.2, 0) is 0 Å². The molecule has 0 aromatic heterocycles. The Hall–Kier alpha value is -0.653. The highest BCUT2D eigenvalue weighted by atomic mass is 32.2. The van der Waals surface area contributed by atoms with Gasteiger partial charge in [-0.1, -0.05) is 53.5 Å². The first kappa shape index (κ1) is 17.4. The number of hydrogen-bond donors (Lipinski definition) is 0. The maximum atomic E-state index is 3.78. The zero-order valence-corrected chi connectivity index (χ0v) is 15.8. The van der Waals surface area contributed by atoms with Crippen molar-refractivity contribution in [3.8, 4) is 11.5 Å². The molecule has 110 valence electrons. The van der Waals surface area contributed by atoms with E-state index in [1.54, 1.807) is 11.8 Å². The van der Waals surface area contributed by atoms with E-state index in [0.29, 0.717) is 16.6 Å². The third-order valence-electron chi connectivity index (χ3n) is 4.36.